The van der Waals surface area contributed by atoms with E-state index in [4.69, 9.17) is 0 Å². The summed E-state index contributed by atoms with van der Waals surface area (Å²) in [6.07, 6.45) is 8.24. The molecule has 0 radical (unpaired) electrons. The number of carbonyl (C=O) groups is 1. The molecule has 4 aliphatic rings. The van der Waals surface area contributed by atoms with Gasteiger partial charge in [-0.25, -0.2) is 9.67 Å². The third kappa shape index (κ3) is 2.67. The summed E-state index contributed by atoms with van der Waals surface area (Å²) in [7, 11) is 0. The molecule has 1 aromatic carbocycles. The molecular weight excluding hydrogens is 404 g/mol. The second-order valence-electron chi connectivity index (χ2n) is 9.13. The Morgan fingerprint density at radius 1 is 1.22 bits per heavy atom. The zero-order chi connectivity index (χ0) is 18.8. The molecule has 0 unspecified atom stereocenters. The Hall–Kier alpha value is -1.69. The largest absolute Gasteiger partial charge is 0.325 e. The monoisotopic (exact) mass is 428 g/mol. The Bertz CT molecular complexity index is 907. The lowest BCUT2D eigenvalue weighted by Gasteiger charge is -2.60. The number of nitrogens with zero attached hydrogens (tertiary/aromatic N) is 3. The number of rotatable bonds is 3. The second kappa shape index (κ2) is 5.90. The first-order chi connectivity index (χ1) is 12.9. The maximum atomic E-state index is 13.5. The summed E-state index contributed by atoms with van der Waals surface area (Å²) in [4.78, 5) is 17.8. The first-order valence-electron chi connectivity index (χ1n) is 9.85. The number of aromatic nitrogens is 3. The summed E-state index contributed by atoms with van der Waals surface area (Å²) in [5.41, 5.74) is 2.99. The van der Waals surface area contributed by atoms with Crippen molar-refractivity contribution in [3.63, 3.8) is 0 Å². The highest BCUT2D eigenvalue weighted by atomic mass is 79.9. The lowest BCUT2D eigenvalue weighted by molar-refractivity contribution is -0.150. The van der Waals surface area contributed by atoms with E-state index in [0.717, 1.165) is 43.4 Å². The minimum Gasteiger partial charge on any atom is -0.325 e. The van der Waals surface area contributed by atoms with Crippen LogP contribution in [0.15, 0.2) is 29.3 Å². The van der Waals surface area contributed by atoms with Gasteiger partial charge in [0.2, 0.25) is 10.6 Å². The van der Waals surface area contributed by atoms with Gasteiger partial charge >= 0.3 is 0 Å². The number of amides is 1. The summed E-state index contributed by atoms with van der Waals surface area (Å²) in [5.74, 6) is 1.42. The molecule has 2 atom stereocenters. The predicted molar refractivity (Wildman–Crippen MR) is 107 cm³/mol. The highest BCUT2D eigenvalue weighted by Crippen LogP contribution is 2.64. The van der Waals surface area contributed by atoms with Crippen molar-refractivity contribution in [2.45, 2.75) is 57.9 Å². The van der Waals surface area contributed by atoms with E-state index in [9.17, 15) is 4.79 Å². The van der Waals surface area contributed by atoms with Gasteiger partial charge in [-0.05, 0) is 97.3 Å². The van der Waals surface area contributed by atoms with Crippen molar-refractivity contribution in [3.05, 3.63) is 40.4 Å². The molecule has 6 heteroatoms. The van der Waals surface area contributed by atoms with Crippen molar-refractivity contribution < 1.29 is 4.79 Å². The molecule has 1 aromatic heterocycles. The minimum absolute atomic E-state index is 0.0535. The Morgan fingerprint density at radius 3 is 2.63 bits per heavy atom. The van der Waals surface area contributed by atoms with E-state index in [2.05, 4.69) is 55.9 Å². The van der Waals surface area contributed by atoms with Crippen LogP contribution in [-0.2, 0) is 10.3 Å². The number of benzene rings is 1. The van der Waals surface area contributed by atoms with Crippen molar-refractivity contribution in [1.82, 2.24) is 14.8 Å². The van der Waals surface area contributed by atoms with Crippen molar-refractivity contribution in [3.8, 4) is 0 Å². The second-order valence-corrected chi connectivity index (χ2v) is 9.83. The molecule has 0 aliphatic heterocycles. The van der Waals surface area contributed by atoms with Crippen molar-refractivity contribution in [1.29, 1.82) is 0 Å². The van der Waals surface area contributed by atoms with Crippen molar-refractivity contribution in [2.75, 3.05) is 5.32 Å². The molecule has 27 heavy (non-hydrogen) atoms. The number of hydrogen-bond donors (Lipinski definition) is 1. The van der Waals surface area contributed by atoms with E-state index >= 15 is 0 Å². The molecule has 4 aliphatic carbocycles. The number of aryl methyl sites for hydroxylation is 1. The van der Waals surface area contributed by atoms with Crippen LogP contribution in [0.4, 0.5) is 5.69 Å². The van der Waals surface area contributed by atoms with E-state index in [1.54, 1.807) is 0 Å². The van der Waals surface area contributed by atoms with Gasteiger partial charge in [0, 0.05) is 5.69 Å². The SMILES string of the molecule is Cc1cccc(NC(=O)C23C[C@@H]4C[C@@H](C2)CC(n2cnc(Br)n2)(C4)C3)c1C. The van der Waals surface area contributed by atoms with Gasteiger partial charge in [-0.15, -0.1) is 5.10 Å². The lowest BCUT2D eigenvalue weighted by atomic mass is 9.46. The maximum absolute atomic E-state index is 13.5. The van der Waals surface area contributed by atoms with Crippen LogP contribution in [0.5, 0.6) is 0 Å². The lowest BCUT2D eigenvalue weighted by Crippen LogP contribution is -2.60. The summed E-state index contributed by atoms with van der Waals surface area (Å²) in [6, 6.07) is 6.13. The van der Waals surface area contributed by atoms with Crippen LogP contribution >= 0.6 is 15.9 Å². The van der Waals surface area contributed by atoms with E-state index in [1.165, 1.54) is 12.0 Å². The molecular formula is C21H25BrN4O. The Kier molecular flexibility index (Phi) is 3.81. The maximum Gasteiger partial charge on any atom is 0.230 e. The fourth-order valence-corrected chi connectivity index (χ4v) is 6.62. The molecule has 4 bridgehead atoms. The van der Waals surface area contributed by atoms with E-state index in [0.29, 0.717) is 16.6 Å². The number of halogens is 1. The molecule has 2 aromatic rings. The molecule has 1 heterocycles. The molecule has 1 amide bonds. The molecule has 0 spiro atoms. The van der Waals surface area contributed by atoms with Crippen molar-refractivity contribution >= 4 is 27.5 Å². The van der Waals surface area contributed by atoms with Gasteiger partial charge in [-0.3, -0.25) is 4.79 Å². The van der Waals surface area contributed by atoms with Crippen LogP contribution in [0.3, 0.4) is 0 Å². The Morgan fingerprint density at radius 2 is 1.96 bits per heavy atom. The normalized spacial score (nSPS) is 34.0. The Balaban J connectivity index is 1.48. The number of nitrogens with one attached hydrogen (secondary N) is 1. The minimum atomic E-state index is -0.279. The predicted octanol–water partition coefficient (Wildman–Crippen LogP) is 4.59. The zero-order valence-electron chi connectivity index (χ0n) is 15.8. The smallest absolute Gasteiger partial charge is 0.230 e. The van der Waals surface area contributed by atoms with Crippen molar-refractivity contribution in [2.24, 2.45) is 17.3 Å². The van der Waals surface area contributed by atoms with Gasteiger partial charge in [-0.2, -0.15) is 0 Å². The number of anilines is 1. The Labute approximate surface area is 168 Å². The molecule has 4 fully saturated rings. The third-order valence-corrected chi connectivity index (χ3v) is 7.68. The third-order valence-electron chi connectivity index (χ3n) is 7.31. The topological polar surface area (TPSA) is 59.8 Å². The van der Waals surface area contributed by atoms with Crippen LogP contribution in [0.2, 0.25) is 0 Å². The van der Waals surface area contributed by atoms with Gasteiger partial charge in [0.05, 0.1) is 11.0 Å². The summed E-state index contributed by atoms with van der Waals surface area (Å²) in [5, 5.41) is 7.88. The highest BCUT2D eigenvalue weighted by Gasteiger charge is 2.61. The number of hydrogen-bond acceptors (Lipinski definition) is 3. The first kappa shape index (κ1) is 17.4. The van der Waals surface area contributed by atoms with Crippen LogP contribution in [0.1, 0.15) is 49.7 Å². The van der Waals surface area contributed by atoms with Gasteiger partial charge in [0.25, 0.3) is 0 Å². The highest BCUT2D eigenvalue weighted by molar-refractivity contribution is 9.10. The molecule has 142 valence electrons. The zero-order valence-corrected chi connectivity index (χ0v) is 17.4. The average Bonchev–Trinajstić information content (AvgIpc) is 3.05. The summed E-state index contributed by atoms with van der Waals surface area (Å²) < 4.78 is 2.68. The molecule has 5 nitrogen and oxygen atoms in total. The van der Waals surface area contributed by atoms with Gasteiger partial charge in [0.15, 0.2) is 0 Å². The molecule has 6 rings (SSSR count). The van der Waals surface area contributed by atoms with E-state index in [1.807, 2.05) is 18.5 Å². The molecule has 4 saturated carbocycles. The van der Waals surface area contributed by atoms with Crippen LogP contribution in [-0.4, -0.2) is 20.7 Å². The summed E-state index contributed by atoms with van der Waals surface area (Å²) >= 11 is 3.39. The average molecular weight is 429 g/mol. The fourth-order valence-electron chi connectivity index (χ4n) is 6.36. The van der Waals surface area contributed by atoms with Gasteiger partial charge < -0.3 is 5.32 Å². The van der Waals surface area contributed by atoms with Crippen LogP contribution in [0, 0.1) is 31.1 Å². The number of carbonyl (C=O) groups excluding carboxylic acids is 1. The standard InChI is InChI=1S/C21H25BrN4O/c1-13-4-3-5-17(14(13)2)24-18(27)20-7-15-6-16(8-20)10-21(9-15,11-20)26-12-23-19(22)25-26/h3-5,12,15-16H,6-11H2,1-2H3,(H,24,27)/t15-,16-,20?,21?/m0/s1. The summed E-state index contributed by atoms with van der Waals surface area (Å²) in [6.45, 7) is 4.17. The van der Waals surface area contributed by atoms with Crippen LogP contribution in [0.25, 0.3) is 0 Å². The quantitative estimate of drug-likeness (QED) is 0.777. The first-order valence-corrected chi connectivity index (χ1v) is 10.6. The van der Waals surface area contributed by atoms with Gasteiger partial charge in [-0.1, -0.05) is 12.1 Å². The van der Waals surface area contributed by atoms with E-state index < -0.39 is 0 Å². The molecule has 1 N–H and O–H groups in total. The molecule has 0 saturated heterocycles. The van der Waals surface area contributed by atoms with Crippen LogP contribution < -0.4 is 5.32 Å². The van der Waals surface area contributed by atoms with Gasteiger partial charge in [0.1, 0.15) is 6.33 Å². The van der Waals surface area contributed by atoms with E-state index in [-0.39, 0.29) is 16.9 Å². The fraction of sp³-hybridized carbons (Fsp3) is 0.571.